The molecule has 1 rings (SSSR count). The van der Waals surface area contributed by atoms with Gasteiger partial charge in [0.25, 0.3) is 0 Å². The summed E-state index contributed by atoms with van der Waals surface area (Å²) in [5.41, 5.74) is 0.441. The molecule has 7 heteroatoms. The van der Waals surface area contributed by atoms with Gasteiger partial charge in [-0.05, 0) is 34.2 Å². The van der Waals surface area contributed by atoms with E-state index < -0.39 is 12.2 Å². The van der Waals surface area contributed by atoms with Gasteiger partial charge in [0.1, 0.15) is 3.70 Å². The van der Waals surface area contributed by atoms with Gasteiger partial charge in [-0.1, -0.05) is 0 Å². The highest BCUT2D eigenvalue weighted by Gasteiger charge is 2.31. The smallest absolute Gasteiger partial charge is 0.388 e. The summed E-state index contributed by atoms with van der Waals surface area (Å²) in [5, 5.41) is 8.40. The quantitative estimate of drug-likeness (QED) is 0.619. The molecule has 0 radical (unpaired) electrons. The maximum atomic E-state index is 11.9. The monoisotopic (exact) mass is 328 g/mol. The minimum Gasteiger partial charge on any atom is -0.388 e. The Morgan fingerprint density at radius 1 is 1.47 bits per heavy atom. The van der Waals surface area contributed by atoms with Crippen molar-refractivity contribution < 1.29 is 17.9 Å². The van der Waals surface area contributed by atoms with Crippen LogP contribution < -0.4 is 4.74 Å². The molecule has 0 saturated carbocycles. The zero-order valence-corrected chi connectivity index (χ0v) is 9.33. The molecule has 0 N–H and O–H groups in total. The molecular weight excluding hydrogens is 324 g/mol. The van der Waals surface area contributed by atoms with E-state index in [0.717, 1.165) is 6.07 Å². The number of hydrogen-bond donors (Lipinski definition) is 0. The molecule has 0 unspecified atom stereocenters. The van der Waals surface area contributed by atoms with E-state index in [1.165, 1.54) is 6.07 Å². The van der Waals surface area contributed by atoms with Gasteiger partial charge in [-0.15, -0.1) is 13.2 Å². The molecule has 0 fully saturated rings. The van der Waals surface area contributed by atoms with Crippen LogP contribution in [0.5, 0.6) is 5.88 Å². The minimum absolute atomic E-state index is 0.0206. The maximum absolute atomic E-state index is 11.9. The van der Waals surface area contributed by atoms with E-state index in [1.54, 1.807) is 22.6 Å². The average Bonchev–Trinajstić information content (AvgIpc) is 1.99. The van der Waals surface area contributed by atoms with E-state index in [9.17, 15) is 13.2 Å². The molecule has 0 spiro atoms. The third-order valence-electron chi connectivity index (χ3n) is 1.33. The highest BCUT2D eigenvalue weighted by molar-refractivity contribution is 14.1. The van der Waals surface area contributed by atoms with Crippen molar-refractivity contribution in [1.29, 1.82) is 5.26 Å². The Bertz CT molecular complexity index is 400. The van der Waals surface area contributed by atoms with Gasteiger partial charge in [0.15, 0.2) is 0 Å². The lowest BCUT2D eigenvalue weighted by Crippen LogP contribution is -2.18. The summed E-state index contributed by atoms with van der Waals surface area (Å²) in [4.78, 5) is 3.54. The topological polar surface area (TPSA) is 45.9 Å². The van der Waals surface area contributed by atoms with Crippen molar-refractivity contribution >= 4 is 22.6 Å². The lowest BCUT2D eigenvalue weighted by molar-refractivity contribution is -0.276. The normalized spacial score (nSPS) is 10.9. The molecule has 0 atom stereocenters. The molecule has 0 aromatic carbocycles. The Kier molecular flexibility index (Phi) is 3.73. The highest BCUT2D eigenvalue weighted by atomic mass is 127. The summed E-state index contributed by atoms with van der Waals surface area (Å²) >= 11 is 1.75. The Morgan fingerprint density at radius 2 is 2.13 bits per heavy atom. The van der Waals surface area contributed by atoms with Gasteiger partial charge in [-0.2, -0.15) is 5.26 Å². The van der Waals surface area contributed by atoms with Crippen LogP contribution in [0.1, 0.15) is 5.56 Å². The second kappa shape index (κ2) is 4.65. The number of rotatable bonds is 2. The molecule has 15 heavy (non-hydrogen) atoms. The molecule has 80 valence electrons. The fourth-order valence-corrected chi connectivity index (χ4v) is 1.53. The summed E-state index contributed by atoms with van der Waals surface area (Å²) in [6.07, 6.45) is -4.74. The standard InChI is InChI=1S/C8H4F3IN2O/c9-8(10,11)15-7-4-5(1-2-13)3-6(12)14-7/h3-4H,1H2. The Morgan fingerprint density at radius 3 is 2.67 bits per heavy atom. The van der Waals surface area contributed by atoms with Gasteiger partial charge in [0, 0.05) is 6.07 Å². The number of pyridine rings is 1. The molecule has 0 aliphatic carbocycles. The molecular formula is C8H4F3IN2O. The summed E-state index contributed by atoms with van der Waals surface area (Å²) in [6, 6.07) is 4.45. The first-order chi connectivity index (χ1) is 6.90. The van der Waals surface area contributed by atoms with Crippen LogP contribution in [0.15, 0.2) is 12.1 Å². The number of hydrogen-bond acceptors (Lipinski definition) is 3. The lowest BCUT2D eigenvalue weighted by Gasteiger charge is -2.08. The maximum Gasteiger partial charge on any atom is 0.574 e. The first-order valence-corrected chi connectivity index (χ1v) is 4.78. The van der Waals surface area contributed by atoms with Crippen LogP contribution >= 0.6 is 22.6 Å². The summed E-state index contributed by atoms with van der Waals surface area (Å²) in [5.74, 6) is -0.542. The zero-order valence-electron chi connectivity index (χ0n) is 7.18. The number of aromatic nitrogens is 1. The van der Waals surface area contributed by atoms with Gasteiger partial charge in [-0.25, -0.2) is 4.98 Å². The van der Waals surface area contributed by atoms with E-state index in [4.69, 9.17) is 5.26 Å². The summed E-state index contributed by atoms with van der Waals surface area (Å²) < 4.78 is 39.6. The first kappa shape index (κ1) is 12.0. The predicted octanol–water partition coefficient (Wildman–Crippen LogP) is 2.65. The molecule has 1 aromatic heterocycles. The number of halogens is 4. The molecule has 0 amide bonds. The Labute approximate surface area is 97.0 Å². The summed E-state index contributed by atoms with van der Waals surface area (Å²) in [7, 11) is 0. The second-order valence-electron chi connectivity index (χ2n) is 2.52. The van der Waals surface area contributed by atoms with Crippen LogP contribution in [-0.2, 0) is 6.42 Å². The van der Waals surface area contributed by atoms with Gasteiger partial charge in [-0.3, -0.25) is 0 Å². The van der Waals surface area contributed by atoms with Gasteiger partial charge >= 0.3 is 6.36 Å². The SMILES string of the molecule is N#CCc1cc(I)nc(OC(F)(F)F)c1. The number of ether oxygens (including phenoxy) is 1. The first-order valence-electron chi connectivity index (χ1n) is 3.70. The largest absolute Gasteiger partial charge is 0.574 e. The van der Waals surface area contributed by atoms with Crippen LogP contribution in [0.25, 0.3) is 0 Å². The fourth-order valence-electron chi connectivity index (χ4n) is 0.887. The molecule has 3 nitrogen and oxygen atoms in total. The average molecular weight is 328 g/mol. The van der Waals surface area contributed by atoms with E-state index in [0.29, 0.717) is 9.26 Å². The van der Waals surface area contributed by atoms with E-state index in [2.05, 4.69) is 9.72 Å². The second-order valence-corrected chi connectivity index (χ2v) is 3.62. The molecule has 1 aromatic rings. The van der Waals surface area contributed by atoms with Crippen molar-refractivity contribution in [2.75, 3.05) is 0 Å². The zero-order chi connectivity index (χ0) is 11.5. The van der Waals surface area contributed by atoms with Crippen molar-refractivity contribution in [3.8, 4) is 11.9 Å². The third-order valence-corrected chi connectivity index (χ3v) is 1.89. The van der Waals surface area contributed by atoms with Gasteiger partial charge < -0.3 is 4.74 Å². The van der Waals surface area contributed by atoms with Crippen molar-refractivity contribution in [3.63, 3.8) is 0 Å². The van der Waals surface area contributed by atoms with Gasteiger partial charge in [0.05, 0.1) is 12.5 Å². The van der Waals surface area contributed by atoms with Crippen molar-refractivity contribution in [2.45, 2.75) is 12.8 Å². The predicted molar refractivity (Wildman–Crippen MR) is 53.0 cm³/mol. The van der Waals surface area contributed by atoms with E-state index in [-0.39, 0.29) is 6.42 Å². The molecule has 0 aliphatic rings. The van der Waals surface area contributed by atoms with Crippen molar-refractivity contribution in [1.82, 2.24) is 4.98 Å². The number of nitrogens with zero attached hydrogens (tertiary/aromatic N) is 2. The molecule has 0 saturated heterocycles. The Balaban J connectivity index is 2.95. The van der Waals surface area contributed by atoms with Crippen LogP contribution in [0.3, 0.4) is 0 Å². The fraction of sp³-hybridized carbons (Fsp3) is 0.250. The lowest BCUT2D eigenvalue weighted by atomic mass is 10.2. The Hall–Kier alpha value is -1.04. The molecule has 1 heterocycles. The van der Waals surface area contributed by atoms with Crippen LogP contribution in [0.2, 0.25) is 0 Å². The third kappa shape index (κ3) is 4.33. The highest BCUT2D eigenvalue weighted by Crippen LogP contribution is 2.22. The van der Waals surface area contributed by atoms with Crippen LogP contribution in [0.4, 0.5) is 13.2 Å². The minimum atomic E-state index is -4.76. The van der Waals surface area contributed by atoms with E-state index in [1.807, 2.05) is 6.07 Å². The molecule has 0 aliphatic heterocycles. The number of alkyl halides is 3. The van der Waals surface area contributed by atoms with Crippen LogP contribution in [0, 0.1) is 15.0 Å². The number of nitriles is 1. The summed E-state index contributed by atoms with van der Waals surface area (Å²) in [6.45, 7) is 0. The van der Waals surface area contributed by atoms with Crippen LogP contribution in [-0.4, -0.2) is 11.3 Å². The van der Waals surface area contributed by atoms with Crippen molar-refractivity contribution in [2.24, 2.45) is 0 Å². The van der Waals surface area contributed by atoms with Gasteiger partial charge in [0.2, 0.25) is 5.88 Å². The van der Waals surface area contributed by atoms with Crippen molar-refractivity contribution in [3.05, 3.63) is 21.4 Å². The molecule has 0 bridgehead atoms. The van der Waals surface area contributed by atoms with E-state index >= 15 is 0 Å².